The van der Waals surface area contributed by atoms with Gasteiger partial charge in [0.1, 0.15) is 18.6 Å². The number of nitrogens with two attached hydrogens (primary N) is 1. The first-order valence-electron chi connectivity index (χ1n) is 14.2. The summed E-state index contributed by atoms with van der Waals surface area (Å²) in [6.07, 6.45) is 0.862. The molecule has 0 bridgehead atoms. The molecule has 1 fully saturated rings. The summed E-state index contributed by atoms with van der Waals surface area (Å²) < 4.78 is 34.2. The van der Waals surface area contributed by atoms with Crippen LogP contribution in [0.3, 0.4) is 0 Å². The van der Waals surface area contributed by atoms with Crippen LogP contribution in [0, 0.1) is 17.2 Å². The molecule has 15 heteroatoms. The second-order valence-electron chi connectivity index (χ2n) is 11.1. The average molecular weight is 633 g/mol. The number of aliphatic carboxylic acids is 1. The van der Waals surface area contributed by atoms with E-state index < -0.39 is 64.7 Å². The van der Waals surface area contributed by atoms with E-state index in [0.29, 0.717) is 18.5 Å². The number of hydrogen-bond donors (Lipinski definition) is 5. The number of esters is 1. The van der Waals surface area contributed by atoms with Crippen molar-refractivity contribution in [2.45, 2.75) is 50.1 Å². The van der Waals surface area contributed by atoms with Gasteiger partial charge in [0.2, 0.25) is 21.8 Å². The predicted octanol–water partition coefficient (Wildman–Crippen LogP) is 0.709. The summed E-state index contributed by atoms with van der Waals surface area (Å²) in [6.45, 7) is 3.50. The number of carbonyl (C=O) groups excluding carboxylic acids is 3. The Bertz CT molecular complexity index is 1500. The highest BCUT2D eigenvalue weighted by Crippen LogP contribution is 2.21. The van der Waals surface area contributed by atoms with Crippen LogP contribution in [0.5, 0.6) is 0 Å². The molecule has 0 aliphatic carbocycles. The molecular formula is C29H40N6O8S. The van der Waals surface area contributed by atoms with E-state index in [1.54, 1.807) is 49.1 Å². The van der Waals surface area contributed by atoms with Gasteiger partial charge in [-0.3, -0.25) is 19.8 Å². The van der Waals surface area contributed by atoms with Crippen molar-refractivity contribution in [1.29, 1.82) is 5.41 Å². The molecule has 0 spiro atoms. The SMILES string of the molecule is COC(=O)[C@H](C(C)C)N(CC(=O)O)C(=O)[C@H](CC(=O)NC[C@@H]1CCCN(C(=N)N)C1)NS(=O)(=O)c1ccc2ccccc2c1. The first-order valence-corrected chi connectivity index (χ1v) is 15.7. The molecular weight excluding hydrogens is 592 g/mol. The van der Waals surface area contributed by atoms with Gasteiger partial charge in [0.25, 0.3) is 0 Å². The van der Waals surface area contributed by atoms with Crippen LogP contribution in [-0.4, -0.2) is 98.4 Å². The third-order valence-corrected chi connectivity index (χ3v) is 8.93. The van der Waals surface area contributed by atoms with E-state index in [2.05, 4.69) is 10.0 Å². The lowest BCUT2D eigenvalue weighted by molar-refractivity contribution is -0.159. The van der Waals surface area contributed by atoms with Crippen LogP contribution < -0.4 is 15.8 Å². The lowest BCUT2D eigenvalue weighted by Crippen LogP contribution is -2.57. The molecule has 0 unspecified atom stereocenters. The number of fused-ring (bicyclic) bond motifs is 1. The summed E-state index contributed by atoms with van der Waals surface area (Å²) in [5.41, 5.74) is 5.60. The number of guanidine groups is 1. The molecule has 2 aromatic carbocycles. The summed E-state index contributed by atoms with van der Waals surface area (Å²) in [7, 11) is -3.32. The van der Waals surface area contributed by atoms with Crippen molar-refractivity contribution in [2.24, 2.45) is 17.6 Å². The zero-order valence-corrected chi connectivity index (χ0v) is 25.8. The summed E-state index contributed by atoms with van der Waals surface area (Å²) >= 11 is 0. The molecule has 2 aromatic rings. The highest BCUT2D eigenvalue weighted by molar-refractivity contribution is 7.89. The number of rotatable bonds is 13. The van der Waals surface area contributed by atoms with E-state index in [0.717, 1.165) is 30.2 Å². The van der Waals surface area contributed by atoms with Gasteiger partial charge in [-0.1, -0.05) is 44.2 Å². The predicted molar refractivity (Wildman–Crippen MR) is 162 cm³/mol. The quantitative estimate of drug-likeness (QED) is 0.118. The molecule has 2 amide bonds. The van der Waals surface area contributed by atoms with Gasteiger partial charge in [0, 0.05) is 19.6 Å². The Hall–Kier alpha value is -4.24. The Balaban J connectivity index is 1.92. The van der Waals surface area contributed by atoms with Gasteiger partial charge < -0.3 is 30.7 Å². The number of carbonyl (C=O) groups is 4. The van der Waals surface area contributed by atoms with Crippen LogP contribution in [0.4, 0.5) is 0 Å². The number of ether oxygens (including phenoxy) is 1. The number of nitrogens with one attached hydrogen (secondary N) is 3. The highest BCUT2D eigenvalue weighted by Gasteiger charge is 2.40. The summed E-state index contributed by atoms with van der Waals surface area (Å²) in [5, 5.41) is 21.4. The van der Waals surface area contributed by atoms with Gasteiger partial charge in [0.05, 0.1) is 18.4 Å². The topological polar surface area (TPSA) is 212 Å². The van der Waals surface area contributed by atoms with E-state index in [1.807, 2.05) is 0 Å². The molecule has 1 heterocycles. The van der Waals surface area contributed by atoms with Crippen molar-refractivity contribution in [2.75, 3.05) is 33.3 Å². The third-order valence-electron chi connectivity index (χ3n) is 7.46. The van der Waals surface area contributed by atoms with Crippen LogP contribution in [0.15, 0.2) is 47.4 Å². The fraction of sp³-hybridized carbons (Fsp3) is 0.483. The molecule has 240 valence electrons. The van der Waals surface area contributed by atoms with E-state index in [4.69, 9.17) is 15.9 Å². The number of methoxy groups -OCH3 is 1. The summed E-state index contributed by atoms with van der Waals surface area (Å²) in [6, 6.07) is 8.34. The lowest BCUT2D eigenvalue weighted by Gasteiger charge is -2.34. The molecule has 3 atom stereocenters. The van der Waals surface area contributed by atoms with E-state index >= 15 is 0 Å². The van der Waals surface area contributed by atoms with Crippen LogP contribution in [0.25, 0.3) is 10.8 Å². The largest absolute Gasteiger partial charge is 0.480 e. The Morgan fingerprint density at radius 3 is 2.45 bits per heavy atom. The maximum Gasteiger partial charge on any atom is 0.328 e. The lowest BCUT2D eigenvalue weighted by atomic mass is 9.98. The zero-order chi connectivity index (χ0) is 32.6. The normalized spacial score (nSPS) is 16.6. The number of piperidine rings is 1. The molecule has 0 radical (unpaired) electrons. The second kappa shape index (κ2) is 15.0. The minimum Gasteiger partial charge on any atom is -0.480 e. The fourth-order valence-electron chi connectivity index (χ4n) is 5.27. The van der Waals surface area contributed by atoms with E-state index in [1.165, 1.54) is 12.1 Å². The standard InChI is InChI=1S/C29H40N6O8S/c1-18(2)26(28(40)43-3)35(17-25(37)38)27(39)23(14-24(36)32-15-19-7-6-12-34(16-19)29(30)31)33-44(41,42)22-11-10-20-8-4-5-9-21(20)13-22/h4-5,8-11,13,18-19,23,26,33H,6-7,12,14-17H2,1-3H3,(H3,30,31)(H,32,36)(H,37,38)/t19-,23-,26-/m0/s1. The van der Waals surface area contributed by atoms with Crippen molar-refractivity contribution in [3.8, 4) is 0 Å². The molecule has 0 saturated carbocycles. The molecule has 14 nitrogen and oxygen atoms in total. The van der Waals surface area contributed by atoms with Crippen molar-refractivity contribution >= 4 is 50.5 Å². The summed E-state index contributed by atoms with van der Waals surface area (Å²) in [5.74, 6) is -4.78. The van der Waals surface area contributed by atoms with Crippen molar-refractivity contribution in [3.05, 3.63) is 42.5 Å². The van der Waals surface area contributed by atoms with Crippen LogP contribution in [0.2, 0.25) is 0 Å². The number of carboxylic acid groups (broad SMARTS) is 1. The number of amides is 2. The molecule has 3 rings (SSSR count). The van der Waals surface area contributed by atoms with Gasteiger partial charge >= 0.3 is 11.9 Å². The molecule has 1 aliphatic heterocycles. The van der Waals surface area contributed by atoms with Gasteiger partial charge in [-0.05, 0) is 47.6 Å². The first-order chi connectivity index (χ1) is 20.7. The Morgan fingerprint density at radius 2 is 1.84 bits per heavy atom. The monoisotopic (exact) mass is 632 g/mol. The zero-order valence-electron chi connectivity index (χ0n) is 25.0. The fourth-order valence-corrected chi connectivity index (χ4v) is 6.50. The Morgan fingerprint density at radius 1 is 1.16 bits per heavy atom. The molecule has 1 saturated heterocycles. The molecule has 0 aromatic heterocycles. The number of likely N-dealkylation sites (tertiary alicyclic amines) is 1. The number of benzene rings is 2. The molecule has 6 N–H and O–H groups in total. The van der Waals surface area contributed by atoms with Crippen LogP contribution in [-0.2, 0) is 33.9 Å². The highest BCUT2D eigenvalue weighted by atomic mass is 32.2. The van der Waals surface area contributed by atoms with E-state index in [9.17, 15) is 32.7 Å². The number of hydrogen-bond acceptors (Lipinski definition) is 8. The van der Waals surface area contributed by atoms with Gasteiger partial charge in [-0.2, -0.15) is 4.72 Å². The minimum absolute atomic E-state index is 0.0341. The molecule has 1 aliphatic rings. The number of sulfonamides is 1. The Labute approximate surface area is 256 Å². The van der Waals surface area contributed by atoms with Gasteiger partial charge in [-0.25, -0.2) is 13.2 Å². The van der Waals surface area contributed by atoms with Crippen molar-refractivity contribution < 1.29 is 37.4 Å². The minimum atomic E-state index is -4.41. The average Bonchev–Trinajstić information content (AvgIpc) is 2.98. The summed E-state index contributed by atoms with van der Waals surface area (Å²) in [4.78, 5) is 53.8. The Kier molecular flexibility index (Phi) is 11.7. The first kappa shape index (κ1) is 34.3. The van der Waals surface area contributed by atoms with Gasteiger partial charge in [0.15, 0.2) is 5.96 Å². The second-order valence-corrected chi connectivity index (χ2v) is 12.8. The molecule has 44 heavy (non-hydrogen) atoms. The van der Waals surface area contributed by atoms with Crippen molar-refractivity contribution in [3.63, 3.8) is 0 Å². The number of carboxylic acids is 1. The smallest absolute Gasteiger partial charge is 0.328 e. The maximum absolute atomic E-state index is 13.9. The maximum atomic E-state index is 13.9. The van der Waals surface area contributed by atoms with Crippen LogP contribution >= 0.6 is 0 Å². The van der Waals surface area contributed by atoms with E-state index in [-0.39, 0.29) is 23.3 Å². The van der Waals surface area contributed by atoms with Gasteiger partial charge in [-0.15, -0.1) is 0 Å². The van der Waals surface area contributed by atoms with Crippen LogP contribution in [0.1, 0.15) is 33.1 Å². The third kappa shape index (κ3) is 8.89. The number of nitrogens with zero attached hydrogens (tertiary/aromatic N) is 2. The van der Waals surface area contributed by atoms with Crippen molar-refractivity contribution in [1.82, 2.24) is 19.8 Å².